The van der Waals surface area contributed by atoms with Gasteiger partial charge in [0.25, 0.3) is 0 Å². The second-order valence-corrected chi connectivity index (χ2v) is 6.34. The van der Waals surface area contributed by atoms with E-state index in [1.165, 1.54) is 0 Å². The first kappa shape index (κ1) is 16.5. The standard InChI is InChI=1S/C20H23NO3/c1-15(21-12-6-8-17(14-21)20(22)23)16-7-5-11-19(13-16)24-18-9-3-2-4-10-18/h2-5,7,9-11,13,15,17H,6,8,12,14H2,1H3,(H,22,23). The first-order chi connectivity index (χ1) is 11.6. The van der Waals surface area contributed by atoms with Crippen molar-refractivity contribution in [3.63, 3.8) is 0 Å². The van der Waals surface area contributed by atoms with E-state index < -0.39 is 5.97 Å². The number of ether oxygens (including phenoxy) is 1. The molecule has 1 fully saturated rings. The second kappa shape index (κ2) is 7.49. The van der Waals surface area contributed by atoms with Gasteiger partial charge in [-0.25, -0.2) is 0 Å². The highest BCUT2D eigenvalue weighted by molar-refractivity contribution is 5.70. The Morgan fingerprint density at radius 3 is 2.67 bits per heavy atom. The minimum atomic E-state index is -0.687. The van der Waals surface area contributed by atoms with Crippen molar-refractivity contribution < 1.29 is 14.6 Å². The summed E-state index contributed by atoms with van der Waals surface area (Å²) in [7, 11) is 0. The zero-order valence-electron chi connectivity index (χ0n) is 13.9. The molecule has 4 heteroatoms. The van der Waals surface area contributed by atoms with Crippen LogP contribution in [0, 0.1) is 5.92 Å². The quantitative estimate of drug-likeness (QED) is 0.888. The van der Waals surface area contributed by atoms with Gasteiger partial charge in [0.15, 0.2) is 0 Å². The van der Waals surface area contributed by atoms with Gasteiger partial charge in [-0.15, -0.1) is 0 Å². The summed E-state index contributed by atoms with van der Waals surface area (Å²) in [5.41, 5.74) is 1.15. The van der Waals surface area contributed by atoms with Gasteiger partial charge in [0.2, 0.25) is 0 Å². The van der Waals surface area contributed by atoms with Crippen molar-refractivity contribution in [3.8, 4) is 11.5 Å². The Morgan fingerprint density at radius 2 is 1.92 bits per heavy atom. The molecular formula is C20H23NO3. The number of likely N-dealkylation sites (tertiary alicyclic amines) is 1. The molecule has 126 valence electrons. The van der Waals surface area contributed by atoms with Crippen LogP contribution < -0.4 is 4.74 Å². The van der Waals surface area contributed by atoms with Crippen LogP contribution in [-0.2, 0) is 4.79 Å². The highest BCUT2D eigenvalue weighted by Gasteiger charge is 2.28. The van der Waals surface area contributed by atoms with Gasteiger partial charge >= 0.3 is 5.97 Å². The third-order valence-corrected chi connectivity index (χ3v) is 4.67. The first-order valence-electron chi connectivity index (χ1n) is 8.43. The molecule has 0 radical (unpaired) electrons. The number of benzene rings is 2. The lowest BCUT2D eigenvalue weighted by molar-refractivity contribution is -0.143. The summed E-state index contributed by atoms with van der Waals surface area (Å²) in [5, 5.41) is 9.27. The maximum Gasteiger partial charge on any atom is 0.307 e. The molecule has 1 heterocycles. The van der Waals surface area contributed by atoms with Crippen molar-refractivity contribution >= 4 is 5.97 Å². The lowest BCUT2D eigenvalue weighted by atomic mass is 9.95. The van der Waals surface area contributed by atoms with E-state index in [0.29, 0.717) is 6.54 Å². The SMILES string of the molecule is CC(c1cccc(Oc2ccccc2)c1)N1CCCC(C(=O)O)C1. The maximum absolute atomic E-state index is 11.3. The Bertz CT molecular complexity index is 686. The molecule has 1 aliphatic rings. The van der Waals surface area contributed by atoms with Gasteiger partial charge in [0.1, 0.15) is 11.5 Å². The summed E-state index contributed by atoms with van der Waals surface area (Å²) in [6.45, 7) is 3.68. The summed E-state index contributed by atoms with van der Waals surface area (Å²) in [6, 6.07) is 17.9. The second-order valence-electron chi connectivity index (χ2n) is 6.34. The molecule has 0 aliphatic carbocycles. The van der Waals surface area contributed by atoms with Crippen molar-refractivity contribution in [2.24, 2.45) is 5.92 Å². The zero-order chi connectivity index (χ0) is 16.9. The van der Waals surface area contributed by atoms with Crippen LogP contribution in [0.3, 0.4) is 0 Å². The molecule has 0 amide bonds. The topological polar surface area (TPSA) is 49.8 Å². The molecule has 0 aromatic heterocycles. The van der Waals surface area contributed by atoms with E-state index in [1.807, 2.05) is 48.5 Å². The Kier molecular flexibility index (Phi) is 5.16. The first-order valence-corrected chi connectivity index (χ1v) is 8.43. The van der Waals surface area contributed by atoms with Gasteiger partial charge in [-0.05, 0) is 56.1 Å². The van der Waals surface area contributed by atoms with E-state index in [-0.39, 0.29) is 12.0 Å². The number of carboxylic acids is 1. The van der Waals surface area contributed by atoms with E-state index in [2.05, 4.69) is 17.9 Å². The third-order valence-electron chi connectivity index (χ3n) is 4.67. The third kappa shape index (κ3) is 3.95. The molecule has 3 rings (SSSR count). The van der Waals surface area contributed by atoms with Crippen molar-refractivity contribution in [2.45, 2.75) is 25.8 Å². The number of hydrogen-bond donors (Lipinski definition) is 1. The number of nitrogens with zero attached hydrogens (tertiary/aromatic N) is 1. The average molecular weight is 325 g/mol. The Labute approximate surface area is 142 Å². The van der Waals surface area contributed by atoms with Gasteiger partial charge < -0.3 is 9.84 Å². The van der Waals surface area contributed by atoms with E-state index >= 15 is 0 Å². The van der Waals surface area contributed by atoms with Crippen molar-refractivity contribution in [3.05, 3.63) is 60.2 Å². The Balaban J connectivity index is 1.72. The molecule has 0 saturated carbocycles. The molecule has 24 heavy (non-hydrogen) atoms. The molecule has 2 atom stereocenters. The molecule has 2 aromatic carbocycles. The van der Waals surface area contributed by atoms with Crippen LogP contribution in [0.5, 0.6) is 11.5 Å². The van der Waals surface area contributed by atoms with Gasteiger partial charge in [-0.2, -0.15) is 0 Å². The van der Waals surface area contributed by atoms with E-state index in [1.54, 1.807) is 0 Å². The molecule has 0 bridgehead atoms. The van der Waals surface area contributed by atoms with E-state index in [9.17, 15) is 9.90 Å². The summed E-state index contributed by atoms with van der Waals surface area (Å²) < 4.78 is 5.90. The number of rotatable bonds is 5. The monoisotopic (exact) mass is 325 g/mol. The van der Waals surface area contributed by atoms with Gasteiger partial charge in [0.05, 0.1) is 5.92 Å². The molecule has 4 nitrogen and oxygen atoms in total. The van der Waals surface area contributed by atoms with Crippen LogP contribution in [-0.4, -0.2) is 29.1 Å². The van der Waals surface area contributed by atoms with Crippen LogP contribution in [0.4, 0.5) is 0 Å². The number of carbonyl (C=O) groups is 1. The van der Waals surface area contributed by atoms with E-state index in [4.69, 9.17) is 4.74 Å². The minimum Gasteiger partial charge on any atom is -0.481 e. The van der Waals surface area contributed by atoms with Crippen LogP contribution in [0.1, 0.15) is 31.4 Å². The number of hydrogen-bond acceptors (Lipinski definition) is 3. The predicted octanol–water partition coefficient (Wildman–Crippen LogP) is 4.34. The molecule has 1 saturated heterocycles. The molecule has 2 aromatic rings. The van der Waals surface area contributed by atoms with Gasteiger partial charge in [0, 0.05) is 12.6 Å². The van der Waals surface area contributed by atoms with Crippen LogP contribution in [0.15, 0.2) is 54.6 Å². The predicted molar refractivity (Wildman–Crippen MR) is 93.3 cm³/mol. The fourth-order valence-corrected chi connectivity index (χ4v) is 3.23. The van der Waals surface area contributed by atoms with E-state index in [0.717, 1.165) is 36.4 Å². The van der Waals surface area contributed by atoms with Crippen LogP contribution in [0.25, 0.3) is 0 Å². The minimum absolute atomic E-state index is 0.173. The molecular weight excluding hydrogens is 302 g/mol. The Hall–Kier alpha value is -2.33. The Morgan fingerprint density at radius 1 is 1.17 bits per heavy atom. The largest absolute Gasteiger partial charge is 0.481 e. The van der Waals surface area contributed by atoms with Gasteiger partial charge in [-0.3, -0.25) is 9.69 Å². The summed E-state index contributed by atoms with van der Waals surface area (Å²) >= 11 is 0. The van der Waals surface area contributed by atoms with Crippen molar-refractivity contribution in [1.82, 2.24) is 4.90 Å². The zero-order valence-corrected chi connectivity index (χ0v) is 13.9. The highest BCUT2D eigenvalue weighted by atomic mass is 16.5. The van der Waals surface area contributed by atoms with Crippen molar-refractivity contribution in [1.29, 1.82) is 0 Å². The van der Waals surface area contributed by atoms with Crippen LogP contribution in [0.2, 0.25) is 0 Å². The number of aliphatic carboxylic acids is 1. The summed E-state index contributed by atoms with van der Waals surface area (Å²) in [4.78, 5) is 13.5. The fraction of sp³-hybridized carbons (Fsp3) is 0.350. The average Bonchev–Trinajstić information content (AvgIpc) is 2.62. The number of para-hydroxylation sites is 1. The summed E-state index contributed by atoms with van der Waals surface area (Å²) in [6.07, 6.45) is 1.71. The lowest BCUT2D eigenvalue weighted by Crippen LogP contribution is -2.40. The number of piperidine rings is 1. The molecule has 2 unspecified atom stereocenters. The fourth-order valence-electron chi connectivity index (χ4n) is 3.23. The van der Waals surface area contributed by atoms with Crippen molar-refractivity contribution in [2.75, 3.05) is 13.1 Å². The molecule has 1 N–H and O–H groups in total. The summed E-state index contributed by atoms with van der Waals surface area (Å²) in [5.74, 6) is 0.668. The maximum atomic E-state index is 11.3. The smallest absolute Gasteiger partial charge is 0.307 e. The van der Waals surface area contributed by atoms with Gasteiger partial charge in [-0.1, -0.05) is 30.3 Å². The number of carboxylic acid groups (broad SMARTS) is 1. The normalized spacial score (nSPS) is 19.6. The highest BCUT2D eigenvalue weighted by Crippen LogP contribution is 2.30. The molecule has 1 aliphatic heterocycles. The lowest BCUT2D eigenvalue weighted by Gasteiger charge is -2.35. The van der Waals surface area contributed by atoms with Crippen LogP contribution >= 0.6 is 0 Å². The molecule has 0 spiro atoms.